The molecule has 0 saturated heterocycles. The maximum atomic E-state index is 10.9. The van der Waals surface area contributed by atoms with Gasteiger partial charge in [0.15, 0.2) is 5.83 Å². The highest BCUT2D eigenvalue weighted by Crippen LogP contribution is 2.04. The molecule has 6 heavy (non-hydrogen) atoms. The second kappa shape index (κ2) is 1.85. The van der Waals surface area contributed by atoms with E-state index >= 15 is 0 Å². The van der Waals surface area contributed by atoms with Crippen molar-refractivity contribution in [2.45, 2.75) is 6.43 Å². The van der Waals surface area contributed by atoms with E-state index in [0.29, 0.717) is 0 Å². The smallest absolute Gasteiger partial charge is 0.206 e. The van der Waals surface area contributed by atoms with Crippen molar-refractivity contribution in [2.75, 3.05) is 0 Å². The Morgan fingerprint density at radius 2 is 1.67 bits per heavy atom. The maximum absolute atomic E-state index is 10.9. The van der Waals surface area contributed by atoms with Gasteiger partial charge >= 0.3 is 0 Å². The Hall–Kier alpha value is -0.470. The van der Waals surface area contributed by atoms with E-state index in [1.54, 1.807) is 0 Å². The van der Waals surface area contributed by atoms with Crippen LogP contribution < -0.4 is 0 Å². The minimum atomic E-state index is -3.01. The second-order valence-electron chi connectivity index (χ2n) is 0.748. The lowest BCUT2D eigenvalue weighted by molar-refractivity contribution is 0.160. The molecule has 0 aromatic heterocycles. The van der Waals surface area contributed by atoms with Crippen LogP contribution in [0.5, 0.6) is 0 Å². The Morgan fingerprint density at radius 1 is 1.50 bits per heavy atom. The molecule has 0 radical (unpaired) electrons. The molecule has 0 nitrogen and oxygen atoms in total. The van der Waals surface area contributed by atoms with Crippen LogP contribution >= 0.6 is 0 Å². The summed E-state index contributed by atoms with van der Waals surface area (Å²) >= 11 is 0. The number of halogens is 3. The second-order valence-corrected chi connectivity index (χ2v) is 0.748. The van der Waals surface area contributed by atoms with Crippen LogP contribution in [0.25, 0.3) is 0 Å². The van der Waals surface area contributed by atoms with Gasteiger partial charge in [0.2, 0.25) is 0 Å². The molecule has 0 spiro atoms. The van der Waals surface area contributed by atoms with Crippen LogP contribution in [-0.4, -0.2) is 6.43 Å². The van der Waals surface area contributed by atoms with Gasteiger partial charge in [-0.2, -0.15) is 0 Å². The third-order valence-corrected chi connectivity index (χ3v) is 0.237. The molecule has 0 bridgehead atoms. The molecule has 0 saturated carbocycles. The van der Waals surface area contributed by atoms with Crippen LogP contribution in [0.4, 0.5) is 13.2 Å². The van der Waals surface area contributed by atoms with Gasteiger partial charge < -0.3 is 0 Å². The fourth-order valence-corrected chi connectivity index (χ4v) is 0. The van der Waals surface area contributed by atoms with Crippen LogP contribution in [0, 0.1) is 0 Å². The molecule has 0 unspecified atom stereocenters. The number of rotatable bonds is 1. The van der Waals surface area contributed by atoms with Crippen molar-refractivity contribution in [1.82, 2.24) is 0 Å². The highest BCUT2D eigenvalue weighted by atomic mass is 19.3. The molecule has 0 heterocycles. The summed E-state index contributed by atoms with van der Waals surface area (Å²) in [6, 6.07) is 0. The third-order valence-electron chi connectivity index (χ3n) is 0.237. The number of hydrogen-bond donors (Lipinski definition) is 0. The van der Waals surface area contributed by atoms with E-state index in [1.807, 2.05) is 0 Å². The van der Waals surface area contributed by atoms with Gasteiger partial charge in [0.1, 0.15) is 0 Å². The van der Waals surface area contributed by atoms with Gasteiger partial charge in [0.05, 0.1) is 0 Å². The molecule has 0 atom stereocenters. The summed E-state index contributed by atoms with van der Waals surface area (Å²) in [5, 5.41) is 0. The Morgan fingerprint density at radius 3 is 1.67 bits per heavy atom. The summed E-state index contributed by atoms with van der Waals surface area (Å²) in [7, 11) is 0. The lowest BCUT2D eigenvalue weighted by Crippen LogP contribution is -1.85. The predicted octanol–water partition coefficient (Wildman–Crippen LogP) is 1.73. The first-order valence-electron chi connectivity index (χ1n) is 1.27. The molecule has 0 aliphatic heterocycles. The van der Waals surface area contributed by atoms with Crippen molar-refractivity contribution in [3.63, 3.8) is 0 Å². The highest BCUT2D eigenvalue weighted by molar-refractivity contribution is 4.82. The van der Waals surface area contributed by atoms with Crippen LogP contribution in [-0.2, 0) is 0 Å². The molecule has 0 aliphatic rings. The molecule has 0 amide bonds. The van der Waals surface area contributed by atoms with Gasteiger partial charge in [0, 0.05) is 0 Å². The number of alkyl halides is 2. The lowest BCUT2D eigenvalue weighted by Gasteiger charge is -1.84. The fourth-order valence-electron chi connectivity index (χ4n) is 0. The maximum Gasteiger partial charge on any atom is 0.288 e. The molecule has 0 aromatic carbocycles. The molecule has 36 valence electrons. The van der Waals surface area contributed by atoms with Gasteiger partial charge in [-0.1, -0.05) is 6.58 Å². The summed E-state index contributed by atoms with van der Waals surface area (Å²) in [5.74, 6) is -1.57. The van der Waals surface area contributed by atoms with Gasteiger partial charge in [-0.3, -0.25) is 0 Å². The predicted molar refractivity (Wildman–Crippen MR) is 16.3 cm³/mol. The van der Waals surface area contributed by atoms with Crippen molar-refractivity contribution in [2.24, 2.45) is 0 Å². The molecular formula is C3H3F3. The van der Waals surface area contributed by atoms with Gasteiger partial charge in [-0.15, -0.1) is 0 Å². The normalized spacial score (nSPS) is 9.33. The number of allylic oxidation sites excluding steroid dienone is 1. The Kier molecular flexibility index (Phi) is 1.70. The first-order chi connectivity index (χ1) is 2.64. The molecule has 3 heteroatoms. The largest absolute Gasteiger partial charge is 0.288 e. The average Bonchev–Trinajstić information content (AvgIpc) is 1.36. The zero-order chi connectivity index (χ0) is 5.15. The van der Waals surface area contributed by atoms with Crippen molar-refractivity contribution in [1.29, 1.82) is 0 Å². The van der Waals surface area contributed by atoms with Crippen molar-refractivity contribution < 1.29 is 13.2 Å². The van der Waals surface area contributed by atoms with Gasteiger partial charge in [-0.25, -0.2) is 13.2 Å². The lowest BCUT2D eigenvalue weighted by atomic mass is 10.6. The number of hydrogen-bond acceptors (Lipinski definition) is 0. The molecule has 0 aromatic rings. The summed E-state index contributed by atoms with van der Waals surface area (Å²) in [6.07, 6.45) is -3.01. The fraction of sp³-hybridized carbons (Fsp3) is 0.333. The molecule has 0 fully saturated rings. The zero-order valence-corrected chi connectivity index (χ0v) is 2.92. The summed E-state index contributed by atoms with van der Waals surface area (Å²) in [6.45, 7) is 2.34. The van der Waals surface area contributed by atoms with Crippen LogP contribution in [0.1, 0.15) is 0 Å². The minimum Gasteiger partial charge on any atom is -0.206 e. The molecule has 0 N–H and O–H groups in total. The van der Waals surface area contributed by atoms with E-state index in [0.717, 1.165) is 0 Å². The van der Waals surface area contributed by atoms with Gasteiger partial charge in [0.25, 0.3) is 6.43 Å². The molecule has 0 aliphatic carbocycles. The molecular weight excluding hydrogens is 93.0 g/mol. The van der Waals surface area contributed by atoms with Crippen LogP contribution in [0.15, 0.2) is 12.4 Å². The zero-order valence-electron chi connectivity index (χ0n) is 2.92. The summed E-state index contributed by atoms with van der Waals surface area (Å²) in [4.78, 5) is 0. The van der Waals surface area contributed by atoms with Gasteiger partial charge in [-0.05, 0) is 0 Å². The highest BCUT2D eigenvalue weighted by Gasteiger charge is 2.03. The van der Waals surface area contributed by atoms with Crippen molar-refractivity contribution in [3.8, 4) is 0 Å². The van der Waals surface area contributed by atoms with E-state index in [9.17, 15) is 13.2 Å². The van der Waals surface area contributed by atoms with E-state index in [-0.39, 0.29) is 0 Å². The summed E-state index contributed by atoms with van der Waals surface area (Å²) in [5.41, 5.74) is 0. The monoisotopic (exact) mass is 96.0 g/mol. The first kappa shape index (κ1) is 5.53. The Bertz CT molecular complexity index is 57.1. The standard InChI is InChI=1S/C3H3F3/c1-2(4)3(5)6/h3H,1H2. The molecule has 0 rings (SSSR count). The van der Waals surface area contributed by atoms with E-state index in [4.69, 9.17) is 0 Å². The quantitative estimate of drug-likeness (QED) is 0.466. The average molecular weight is 96.1 g/mol. The van der Waals surface area contributed by atoms with Crippen LogP contribution in [0.3, 0.4) is 0 Å². The van der Waals surface area contributed by atoms with Crippen molar-refractivity contribution in [3.05, 3.63) is 12.4 Å². The van der Waals surface area contributed by atoms with Crippen molar-refractivity contribution >= 4 is 0 Å². The van der Waals surface area contributed by atoms with Crippen LogP contribution in [0.2, 0.25) is 0 Å². The Balaban J connectivity index is 3.26. The summed E-state index contributed by atoms with van der Waals surface area (Å²) < 4.78 is 32.2. The Labute approximate surface area is 33.3 Å². The van der Waals surface area contributed by atoms with E-state index < -0.39 is 12.3 Å². The third kappa shape index (κ3) is 1.81. The van der Waals surface area contributed by atoms with E-state index in [1.165, 1.54) is 0 Å². The SMILES string of the molecule is C=C(F)C(F)F. The minimum absolute atomic E-state index is 1.57. The first-order valence-corrected chi connectivity index (χ1v) is 1.27. The topological polar surface area (TPSA) is 0 Å². The van der Waals surface area contributed by atoms with E-state index in [2.05, 4.69) is 6.58 Å².